The minimum absolute atomic E-state index is 0.0331. The maximum absolute atomic E-state index is 11.9. The molecule has 0 radical (unpaired) electrons. The average Bonchev–Trinajstić information content (AvgIpc) is 2.43. The highest BCUT2D eigenvalue weighted by Gasteiger charge is 2.23. The summed E-state index contributed by atoms with van der Waals surface area (Å²) < 4.78 is 0. The molecule has 1 fully saturated rings. The molecule has 1 aliphatic heterocycles. The molecule has 6 heteroatoms. The molecule has 1 saturated heterocycles. The van der Waals surface area contributed by atoms with Crippen molar-refractivity contribution in [2.75, 3.05) is 32.7 Å². The van der Waals surface area contributed by atoms with Crippen LogP contribution in [0.2, 0.25) is 0 Å². The number of nitrogens with zero attached hydrogens (tertiary/aromatic N) is 2. The molecule has 0 atom stereocenters. The van der Waals surface area contributed by atoms with Crippen LogP contribution in [0.15, 0.2) is 0 Å². The number of rotatable bonds is 6. The third kappa shape index (κ3) is 5.59. The summed E-state index contributed by atoms with van der Waals surface area (Å²) in [4.78, 5) is 38.1. The summed E-state index contributed by atoms with van der Waals surface area (Å²) in [5, 5.41) is 2.76. The Morgan fingerprint density at radius 3 is 2.15 bits per heavy atom. The number of nitrogens with one attached hydrogen (secondary N) is 1. The van der Waals surface area contributed by atoms with E-state index < -0.39 is 0 Å². The minimum Gasteiger partial charge on any atom is -0.356 e. The smallest absolute Gasteiger partial charge is 0.232 e. The molecule has 0 spiro atoms. The van der Waals surface area contributed by atoms with Crippen LogP contribution < -0.4 is 5.32 Å². The summed E-state index contributed by atoms with van der Waals surface area (Å²) in [6, 6.07) is 0. The van der Waals surface area contributed by atoms with Gasteiger partial charge in [0.25, 0.3) is 0 Å². The third-order valence-electron chi connectivity index (χ3n) is 3.49. The number of amides is 3. The van der Waals surface area contributed by atoms with Gasteiger partial charge in [0.05, 0.1) is 0 Å². The fourth-order valence-electron chi connectivity index (χ4n) is 2.19. The molecule has 1 heterocycles. The van der Waals surface area contributed by atoms with Crippen molar-refractivity contribution in [1.29, 1.82) is 0 Å². The molecule has 0 aromatic heterocycles. The first-order valence-corrected chi connectivity index (χ1v) is 7.34. The second kappa shape index (κ2) is 8.55. The van der Waals surface area contributed by atoms with Crippen LogP contribution in [0.1, 0.15) is 39.5 Å². The summed E-state index contributed by atoms with van der Waals surface area (Å²) in [5.41, 5.74) is 0. The summed E-state index contributed by atoms with van der Waals surface area (Å²) in [6.45, 7) is 6.41. The van der Waals surface area contributed by atoms with Gasteiger partial charge in [-0.3, -0.25) is 14.4 Å². The lowest BCUT2D eigenvalue weighted by Gasteiger charge is -2.34. The van der Waals surface area contributed by atoms with E-state index >= 15 is 0 Å². The van der Waals surface area contributed by atoms with Crippen molar-refractivity contribution >= 4 is 17.7 Å². The van der Waals surface area contributed by atoms with Gasteiger partial charge in [0.1, 0.15) is 6.42 Å². The van der Waals surface area contributed by atoms with E-state index in [9.17, 15) is 14.4 Å². The molecule has 1 aliphatic rings. The molecule has 0 saturated carbocycles. The van der Waals surface area contributed by atoms with E-state index in [1.54, 1.807) is 9.80 Å². The molecule has 1 rings (SSSR count). The zero-order valence-electron chi connectivity index (χ0n) is 12.5. The first kappa shape index (κ1) is 16.5. The number of piperazine rings is 1. The normalized spacial score (nSPS) is 15.1. The predicted octanol–water partition coefficient (Wildman–Crippen LogP) is 0.374. The van der Waals surface area contributed by atoms with Crippen molar-refractivity contribution in [1.82, 2.24) is 15.1 Å². The van der Waals surface area contributed by atoms with Crippen molar-refractivity contribution in [3.05, 3.63) is 0 Å². The standard InChI is InChI=1S/C14H25N3O3/c1-3-4-5-6-15-13(19)11-14(20)17-9-7-16(8-10-17)12(2)18/h3-11H2,1-2H3,(H,15,19). The Morgan fingerprint density at radius 1 is 1.00 bits per heavy atom. The monoisotopic (exact) mass is 283 g/mol. The van der Waals surface area contributed by atoms with Crippen LogP contribution in [0.5, 0.6) is 0 Å². The minimum atomic E-state index is -0.208. The van der Waals surface area contributed by atoms with E-state index in [1.807, 2.05) is 0 Å². The van der Waals surface area contributed by atoms with Crippen molar-refractivity contribution < 1.29 is 14.4 Å². The number of unbranched alkanes of at least 4 members (excludes halogenated alkanes) is 2. The topological polar surface area (TPSA) is 69.7 Å². The largest absolute Gasteiger partial charge is 0.356 e. The summed E-state index contributed by atoms with van der Waals surface area (Å²) >= 11 is 0. The third-order valence-corrected chi connectivity index (χ3v) is 3.49. The first-order chi connectivity index (χ1) is 9.54. The van der Waals surface area contributed by atoms with E-state index in [0.717, 1.165) is 19.3 Å². The Bertz CT molecular complexity index is 350. The fraction of sp³-hybridized carbons (Fsp3) is 0.786. The molecule has 3 amide bonds. The molecule has 0 aliphatic carbocycles. The van der Waals surface area contributed by atoms with E-state index in [-0.39, 0.29) is 24.1 Å². The summed E-state index contributed by atoms with van der Waals surface area (Å²) in [6.07, 6.45) is 3.05. The number of hydrogen-bond donors (Lipinski definition) is 1. The SMILES string of the molecule is CCCCCNC(=O)CC(=O)N1CCN(C(C)=O)CC1. The van der Waals surface area contributed by atoms with Crippen LogP contribution in [0, 0.1) is 0 Å². The zero-order valence-corrected chi connectivity index (χ0v) is 12.5. The van der Waals surface area contributed by atoms with Gasteiger partial charge in [-0.15, -0.1) is 0 Å². The summed E-state index contributed by atoms with van der Waals surface area (Å²) in [5.74, 6) is -0.327. The van der Waals surface area contributed by atoms with Crippen molar-refractivity contribution in [3.63, 3.8) is 0 Å². The molecule has 0 bridgehead atoms. The van der Waals surface area contributed by atoms with Gasteiger partial charge < -0.3 is 15.1 Å². The molecule has 6 nitrogen and oxygen atoms in total. The van der Waals surface area contributed by atoms with Crippen LogP contribution in [0.4, 0.5) is 0 Å². The maximum Gasteiger partial charge on any atom is 0.232 e. The maximum atomic E-state index is 11.9. The number of carbonyl (C=O) groups excluding carboxylic acids is 3. The Labute approximate surface area is 120 Å². The Morgan fingerprint density at radius 2 is 1.60 bits per heavy atom. The highest BCUT2D eigenvalue weighted by Crippen LogP contribution is 2.04. The Hall–Kier alpha value is -1.59. The lowest BCUT2D eigenvalue weighted by molar-refractivity contribution is -0.141. The molecular formula is C14H25N3O3. The van der Waals surface area contributed by atoms with Gasteiger partial charge in [-0.2, -0.15) is 0 Å². The second-order valence-electron chi connectivity index (χ2n) is 5.12. The van der Waals surface area contributed by atoms with E-state index in [2.05, 4.69) is 12.2 Å². The first-order valence-electron chi connectivity index (χ1n) is 7.34. The van der Waals surface area contributed by atoms with E-state index in [4.69, 9.17) is 0 Å². The van der Waals surface area contributed by atoms with Crippen molar-refractivity contribution in [2.45, 2.75) is 39.5 Å². The number of carbonyl (C=O) groups is 3. The van der Waals surface area contributed by atoms with Crippen molar-refractivity contribution in [2.24, 2.45) is 0 Å². The van der Waals surface area contributed by atoms with Crippen LogP contribution in [-0.4, -0.2) is 60.2 Å². The van der Waals surface area contributed by atoms with E-state index in [0.29, 0.717) is 32.7 Å². The molecule has 114 valence electrons. The Balaban J connectivity index is 2.23. The lowest BCUT2D eigenvalue weighted by Crippen LogP contribution is -2.50. The molecule has 1 N–H and O–H groups in total. The molecular weight excluding hydrogens is 258 g/mol. The average molecular weight is 283 g/mol. The van der Waals surface area contributed by atoms with Crippen molar-refractivity contribution in [3.8, 4) is 0 Å². The van der Waals surface area contributed by atoms with Crippen LogP contribution >= 0.6 is 0 Å². The van der Waals surface area contributed by atoms with Gasteiger partial charge in [-0.1, -0.05) is 19.8 Å². The highest BCUT2D eigenvalue weighted by molar-refractivity contribution is 5.96. The highest BCUT2D eigenvalue weighted by atomic mass is 16.2. The van der Waals surface area contributed by atoms with Gasteiger partial charge in [-0.05, 0) is 6.42 Å². The van der Waals surface area contributed by atoms with Gasteiger partial charge in [-0.25, -0.2) is 0 Å². The fourth-order valence-corrected chi connectivity index (χ4v) is 2.19. The van der Waals surface area contributed by atoms with Crippen LogP contribution in [0.3, 0.4) is 0 Å². The molecule has 0 aromatic rings. The lowest BCUT2D eigenvalue weighted by atomic mass is 10.2. The predicted molar refractivity (Wildman–Crippen MR) is 76.0 cm³/mol. The Kier molecular flexibility index (Phi) is 7.04. The summed E-state index contributed by atoms with van der Waals surface area (Å²) in [7, 11) is 0. The van der Waals surface area contributed by atoms with Gasteiger partial charge in [0.15, 0.2) is 0 Å². The molecule has 0 aromatic carbocycles. The zero-order chi connectivity index (χ0) is 15.0. The van der Waals surface area contributed by atoms with E-state index in [1.165, 1.54) is 6.92 Å². The molecule has 0 unspecified atom stereocenters. The quantitative estimate of drug-likeness (QED) is 0.566. The van der Waals surface area contributed by atoms with Crippen LogP contribution in [0.25, 0.3) is 0 Å². The van der Waals surface area contributed by atoms with Gasteiger partial charge in [0, 0.05) is 39.6 Å². The molecule has 20 heavy (non-hydrogen) atoms. The van der Waals surface area contributed by atoms with Gasteiger partial charge in [0.2, 0.25) is 17.7 Å². The van der Waals surface area contributed by atoms with Crippen LogP contribution in [-0.2, 0) is 14.4 Å². The number of hydrogen-bond acceptors (Lipinski definition) is 3. The van der Waals surface area contributed by atoms with Gasteiger partial charge >= 0.3 is 0 Å². The second-order valence-corrected chi connectivity index (χ2v) is 5.12.